The fraction of sp³-hybridized carbons (Fsp3) is 0.313. The fourth-order valence-corrected chi connectivity index (χ4v) is 15.6. The number of carbonyl (C=O) groups is 3. The lowest BCUT2D eigenvalue weighted by atomic mass is 9.81. The Morgan fingerprint density at radius 1 is 0.508 bits per heavy atom. The number of hydrogen-bond donors (Lipinski definition) is 7. The van der Waals surface area contributed by atoms with Crippen LogP contribution in [-0.2, 0) is 23.9 Å². The molecule has 15 heterocycles. The Hall–Kier alpha value is -12.7. The second-order valence-corrected chi connectivity index (χ2v) is 46.8. The predicted molar refractivity (Wildman–Crippen MR) is 492 cm³/mol. The number of anilines is 3. The lowest BCUT2D eigenvalue weighted by molar-refractivity contribution is -0.118. The molecule has 3 aliphatic carbocycles. The minimum absolute atomic E-state index is 0.00137. The summed E-state index contributed by atoms with van der Waals surface area (Å²) in [7, 11) is -3.96. The van der Waals surface area contributed by atoms with Gasteiger partial charge in [0.15, 0.2) is 64.9 Å². The molecule has 3 saturated carbocycles. The second-order valence-electron chi connectivity index (χ2n) is 31.7. The number of ether oxygens (including phenoxy) is 4. The van der Waals surface area contributed by atoms with Crippen molar-refractivity contribution < 1.29 is 48.5 Å². The Morgan fingerprint density at radius 2 is 0.875 bits per heavy atom. The number of rotatable bonds is 27. The summed E-state index contributed by atoms with van der Waals surface area (Å²) in [6.45, 7) is 43.0. The van der Waals surface area contributed by atoms with Crippen molar-refractivity contribution in [3.8, 4) is 34.0 Å². The molecule has 3 fully saturated rings. The van der Waals surface area contributed by atoms with Gasteiger partial charge >= 0.3 is 7.12 Å². The average molecular weight is 1880 g/mol. The van der Waals surface area contributed by atoms with E-state index in [1.165, 1.54) is 54.0 Å². The lowest BCUT2D eigenvalue weighted by Crippen LogP contribution is -2.30. The van der Waals surface area contributed by atoms with Crippen LogP contribution in [0.5, 0.6) is 11.8 Å². The first-order valence-electron chi connectivity index (χ1n) is 40.6. The molecule has 0 aliphatic heterocycles. The van der Waals surface area contributed by atoms with Gasteiger partial charge < -0.3 is 55.0 Å². The molecule has 0 bridgehead atoms. The van der Waals surface area contributed by atoms with Gasteiger partial charge in [-0.15, -0.1) is 30.6 Å². The van der Waals surface area contributed by atoms with E-state index in [-0.39, 0.29) is 84.3 Å². The highest BCUT2D eigenvalue weighted by atomic mass is 79.9. The number of nitrogens with one attached hydrogen (secondary N) is 4. The normalized spacial score (nSPS) is 12.8. The summed E-state index contributed by atoms with van der Waals surface area (Å²) in [6, 6.07) is 29.1. The van der Waals surface area contributed by atoms with Crippen LogP contribution in [0.2, 0.25) is 51.4 Å². The van der Waals surface area contributed by atoms with Crippen LogP contribution >= 0.6 is 51.2 Å². The maximum Gasteiger partial charge on any atom is 0.488 e. The zero-order valence-corrected chi connectivity index (χ0v) is 77.1. The van der Waals surface area contributed by atoms with Crippen LogP contribution < -0.4 is 36.4 Å². The van der Waals surface area contributed by atoms with E-state index in [4.69, 9.17) is 53.8 Å². The van der Waals surface area contributed by atoms with Crippen LogP contribution in [-0.4, -0.2) is 192 Å². The van der Waals surface area contributed by atoms with Gasteiger partial charge in [-0.3, -0.25) is 32.4 Å². The quantitative estimate of drug-likeness (QED) is 0.0109. The number of aliphatic hydroxyl groups is 1. The van der Waals surface area contributed by atoms with Crippen molar-refractivity contribution in [2.75, 3.05) is 49.4 Å². The second kappa shape index (κ2) is 42.7. The van der Waals surface area contributed by atoms with Crippen LogP contribution in [0.25, 0.3) is 70.7 Å². The molecule has 0 spiro atoms. The smallest absolute Gasteiger partial charge is 0.459 e. The van der Waals surface area contributed by atoms with E-state index in [0.29, 0.717) is 90.5 Å². The van der Waals surface area contributed by atoms with Gasteiger partial charge in [0.05, 0.1) is 38.3 Å². The number of amides is 3. The molecule has 0 radical (unpaired) electrons. The Balaban J connectivity index is 0.000000147. The molecule has 3 aliphatic rings. The maximum absolute atomic E-state index is 12.1. The third-order valence-electron chi connectivity index (χ3n) is 18.6. The SMILES string of the molecule is CCC.CCO.O=C(Nc1cn2nc(Sc3nnc4ccc(Br)cn34)ccc2n1)C1CC1.[C-]#[N+]c1cc(-c2ccc3nnc(Sc4ccc5nc(NC(=O)C6CC6)cn5n4)n3c2)c[nH]c1=O.[C-]#[N+]c1cc(-c2ccc3nnc(Sc4ccc5nc(NC(=O)C6CC6)cn5n4)n3c2)cnc1OCOCC[Si](C)(C)C.[C-]#[N+]c1cc(B(O)O)cnc1OCOCC[Si](C)(C)C. The minimum Gasteiger partial charge on any atom is -0.459 e. The third kappa shape index (κ3) is 25.6. The third-order valence-corrected chi connectivity index (χ3v) is 25.1. The summed E-state index contributed by atoms with van der Waals surface area (Å²) in [4.78, 5) is 81.9. The van der Waals surface area contributed by atoms with Gasteiger partial charge in [0.2, 0.25) is 56.3 Å². The Bertz CT molecular complexity index is 6700. The standard InChI is InChI=1S/C28H29N9O3SSi.C22H15N9O2S.C16H12BrN7OS.C12H19BN2O4Si.C3H8.C2H6O/c1-29-21-13-20(14-30-27(21)40-17-39-11-12-42(2,3)4)19-7-8-24-33-34-28(36(24)15-19)41-25-10-9-23-31-22(16-37(23)35-25)32-26(38)18-5-6-18;1-23-15-8-14(9-24-21(15)33)13-4-5-18-27-28-22(30(18)10-13)34-19-7-6-17-25-16(11-31(17)29-19)26-20(32)12-2-3-12;17-10-3-4-13-20-21-16(23(13)7-10)26-14-6-5-12-18-11(8-24(12)22-14)19-15(25)9-1-2-9;1-14-11-7-10(13(16)17)8-15-12(11)19-9-18-5-6-20(2,3)4;1-3-2;1-2-3/h7-10,13-16,18H,5-6,11-12,17H2,2-4H3,(H,32,38);4-12H,2-3H2,(H,24,33)(H,26,32);3-9H,1-2H2,(H,19,25);7-8,16-17H,5-6,9H2,2-4H3;3H2,1-2H3;3H,2H2,1H3. The number of aliphatic hydroxyl groups excluding tert-OH is 1. The highest BCUT2D eigenvalue weighted by Crippen LogP contribution is 2.37. The number of H-pyrrole nitrogens is 1. The van der Waals surface area contributed by atoms with Gasteiger partial charge in [0.1, 0.15) is 15.1 Å². The summed E-state index contributed by atoms with van der Waals surface area (Å²) >= 11 is 7.54. The molecule has 0 unspecified atom stereocenters. The molecule has 15 aromatic rings. The van der Waals surface area contributed by atoms with E-state index in [9.17, 15) is 19.2 Å². The van der Waals surface area contributed by atoms with Gasteiger partial charge in [-0.2, -0.15) is 15.3 Å². The largest absolute Gasteiger partial charge is 0.488 e. The number of pyridine rings is 6. The number of hydrogen-bond acceptors (Lipinski definition) is 28. The van der Waals surface area contributed by atoms with Crippen molar-refractivity contribution in [1.29, 1.82) is 0 Å². The van der Waals surface area contributed by atoms with Crippen LogP contribution in [0.15, 0.2) is 187 Å². The van der Waals surface area contributed by atoms with E-state index in [0.717, 1.165) is 87.6 Å². The maximum atomic E-state index is 12.1. The Morgan fingerprint density at radius 3 is 1.27 bits per heavy atom. The van der Waals surface area contributed by atoms with Gasteiger partial charge in [0, 0.05) is 95.4 Å². The molecule has 38 nitrogen and oxygen atoms in total. The van der Waals surface area contributed by atoms with Crippen LogP contribution in [0.1, 0.15) is 65.7 Å². The molecule has 45 heteroatoms. The van der Waals surface area contributed by atoms with E-state index in [2.05, 4.69) is 175 Å². The summed E-state index contributed by atoms with van der Waals surface area (Å²) in [6.07, 6.45) is 22.2. The summed E-state index contributed by atoms with van der Waals surface area (Å²) in [5.41, 5.74) is 7.32. The fourth-order valence-electron chi connectivity index (χ4n) is 11.4. The Kier molecular flexibility index (Phi) is 31.0. The van der Waals surface area contributed by atoms with Crippen LogP contribution in [0, 0.1) is 37.5 Å². The number of halogens is 1. The number of aromatic amines is 1. The summed E-state index contributed by atoms with van der Waals surface area (Å²) < 4.78 is 33.3. The van der Waals surface area contributed by atoms with Crippen molar-refractivity contribution in [2.45, 2.75) is 148 Å². The molecule has 0 saturated heterocycles. The topological polar surface area (TPSA) is 438 Å². The van der Waals surface area contributed by atoms with Crippen molar-refractivity contribution >= 4 is 166 Å². The van der Waals surface area contributed by atoms with Crippen LogP contribution in [0.3, 0.4) is 0 Å². The predicted octanol–water partition coefficient (Wildman–Crippen LogP) is 14.2. The summed E-state index contributed by atoms with van der Waals surface area (Å²) in [5.74, 6) is 2.23. The highest BCUT2D eigenvalue weighted by Gasteiger charge is 2.33. The number of carbonyl (C=O) groups excluding carboxylic acids is 3. The van der Waals surface area contributed by atoms with E-state index in [1.807, 2.05) is 105 Å². The van der Waals surface area contributed by atoms with Crippen molar-refractivity contribution in [1.82, 2.24) is 103 Å². The van der Waals surface area contributed by atoms with Crippen molar-refractivity contribution in [3.05, 3.63) is 196 Å². The molecular formula is C83H89BBrN27O11S3Si2. The zero-order valence-electron chi connectivity index (χ0n) is 71.1. The molecule has 3 amide bonds. The number of fused-ring (bicyclic) bond motifs is 6. The number of nitrogens with zero attached hydrogens (tertiary/aromatic N) is 23. The minimum atomic E-state index is -1.65. The Labute approximate surface area is 756 Å². The van der Waals surface area contributed by atoms with E-state index < -0.39 is 28.8 Å². The van der Waals surface area contributed by atoms with Crippen LogP contribution in [0.4, 0.5) is 34.5 Å². The number of aromatic nitrogens is 21. The molecule has 7 N–H and O–H groups in total. The molecule has 18 rings (SSSR count). The monoisotopic (exact) mass is 1880 g/mol. The molecule has 15 aromatic heterocycles. The highest BCUT2D eigenvalue weighted by molar-refractivity contribution is 9.10. The van der Waals surface area contributed by atoms with E-state index in [1.54, 1.807) is 63.6 Å². The van der Waals surface area contributed by atoms with E-state index >= 15 is 0 Å². The first kappa shape index (κ1) is 92.9. The van der Waals surface area contributed by atoms with Gasteiger partial charge in [-0.05, 0) is 227 Å². The molecule has 0 aromatic carbocycles. The first-order chi connectivity index (χ1) is 61.6. The zero-order chi connectivity index (χ0) is 90.8. The molecular weight excluding hydrogens is 1790 g/mol. The van der Waals surface area contributed by atoms with Crippen molar-refractivity contribution in [2.24, 2.45) is 17.8 Å². The average Bonchev–Trinajstić information content (AvgIpc) is 1.42. The van der Waals surface area contributed by atoms with Gasteiger partial charge in [-0.25, -0.2) is 53.0 Å². The van der Waals surface area contributed by atoms with Gasteiger partial charge in [-0.1, -0.05) is 59.6 Å². The number of imidazole rings is 3. The molecule has 658 valence electrons. The lowest BCUT2D eigenvalue weighted by Gasteiger charge is -2.15. The van der Waals surface area contributed by atoms with Crippen molar-refractivity contribution in [3.63, 3.8) is 0 Å². The summed E-state index contributed by atoms with van der Waals surface area (Å²) in [5, 5.41) is 77.4. The molecule has 0 atom stereocenters. The molecule has 128 heavy (non-hydrogen) atoms. The first-order valence-corrected chi connectivity index (χ1v) is 51.3. The van der Waals surface area contributed by atoms with Gasteiger partial charge in [0.25, 0.3) is 11.2 Å².